The molecule has 0 aliphatic heterocycles. The fourth-order valence-electron chi connectivity index (χ4n) is 4.72. The van der Waals surface area contributed by atoms with E-state index >= 15 is 0 Å². The van der Waals surface area contributed by atoms with Crippen LogP contribution in [0.2, 0.25) is 16.6 Å². The molecule has 3 heteroatoms. The molecule has 0 radical (unpaired) electrons. The molecule has 0 N–H and O–H groups in total. The minimum atomic E-state index is -1.83. The number of hydrogen-bond donors (Lipinski definition) is 0. The summed E-state index contributed by atoms with van der Waals surface area (Å²) in [7, 11) is -1.83. The summed E-state index contributed by atoms with van der Waals surface area (Å²) in [5, 5.41) is 0. The zero-order valence-corrected chi connectivity index (χ0v) is 18.4. The standard InChI is InChI=1S/C20H33BrOSi/c1-14(2)23(15(3)4,16(5)6)22-17(7)20(12-13-20)18-10-8-9-11-19(18)21/h8-11,14-17H,12-13H2,1-7H3. The fraction of sp³-hybridized carbons (Fsp3) is 0.700. The van der Waals surface area contributed by atoms with Crippen molar-refractivity contribution < 1.29 is 4.43 Å². The monoisotopic (exact) mass is 396 g/mol. The van der Waals surface area contributed by atoms with Crippen LogP contribution in [0.3, 0.4) is 0 Å². The van der Waals surface area contributed by atoms with Gasteiger partial charge in [0.1, 0.15) is 0 Å². The normalized spacial score (nSPS) is 18.7. The molecule has 1 aromatic rings. The van der Waals surface area contributed by atoms with Gasteiger partial charge < -0.3 is 4.43 Å². The number of halogens is 1. The largest absolute Gasteiger partial charge is 0.413 e. The van der Waals surface area contributed by atoms with E-state index in [1.807, 2.05) is 0 Å². The zero-order chi connectivity index (χ0) is 17.4. The van der Waals surface area contributed by atoms with E-state index in [4.69, 9.17) is 4.43 Å². The van der Waals surface area contributed by atoms with Crippen molar-refractivity contribution in [3.8, 4) is 0 Å². The van der Waals surface area contributed by atoms with Crippen LogP contribution in [-0.4, -0.2) is 14.4 Å². The van der Waals surface area contributed by atoms with Crippen molar-refractivity contribution in [2.45, 2.75) is 89.5 Å². The molecular weight excluding hydrogens is 364 g/mol. The highest BCUT2D eigenvalue weighted by atomic mass is 79.9. The Morgan fingerprint density at radius 3 is 1.78 bits per heavy atom. The van der Waals surface area contributed by atoms with Crippen LogP contribution in [0.25, 0.3) is 0 Å². The maximum Gasteiger partial charge on any atom is 0.200 e. The van der Waals surface area contributed by atoms with Crippen LogP contribution in [0.15, 0.2) is 28.7 Å². The summed E-state index contributed by atoms with van der Waals surface area (Å²) in [5.74, 6) is 0. The Hall–Kier alpha value is -0.123. The first-order chi connectivity index (χ1) is 10.7. The van der Waals surface area contributed by atoms with E-state index < -0.39 is 8.32 Å². The third-order valence-corrected chi connectivity index (χ3v) is 12.9. The summed E-state index contributed by atoms with van der Waals surface area (Å²) in [5.41, 5.74) is 3.57. The topological polar surface area (TPSA) is 9.23 Å². The smallest absolute Gasteiger partial charge is 0.200 e. The molecule has 0 aromatic heterocycles. The van der Waals surface area contributed by atoms with E-state index in [1.54, 1.807) is 0 Å². The fourth-order valence-corrected chi connectivity index (χ4v) is 11.1. The summed E-state index contributed by atoms with van der Waals surface area (Å²) in [4.78, 5) is 0. The molecule has 1 fully saturated rings. The lowest BCUT2D eigenvalue weighted by Gasteiger charge is -2.45. The Kier molecular flexibility index (Phi) is 5.85. The van der Waals surface area contributed by atoms with Gasteiger partial charge in [-0.3, -0.25) is 0 Å². The van der Waals surface area contributed by atoms with Gasteiger partial charge in [0.2, 0.25) is 8.32 Å². The van der Waals surface area contributed by atoms with Gasteiger partial charge in [0.15, 0.2) is 0 Å². The highest BCUT2D eigenvalue weighted by Crippen LogP contribution is 2.56. The van der Waals surface area contributed by atoms with E-state index in [9.17, 15) is 0 Å². The number of rotatable bonds is 7. The minimum Gasteiger partial charge on any atom is -0.413 e. The van der Waals surface area contributed by atoms with Gasteiger partial charge in [0.05, 0.1) is 6.10 Å². The third kappa shape index (κ3) is 3.34. The van der Waals surface area contributed by atoms with Crippen molar-refractivity contribution in [2.75, 3.05) is 0 Å². The molecule has 1 saturated carbocycles. The average molecular weight is 397 g/mol. The summed E-state index contributed by atoms with van der Waals surface area (Å²) in [6.45, 7) is 16.6. The maximum atomic E-state index is 7.08. The quantitative estimate of drug-likeness (QED) is 0.448. The van der Waals surface area contributed by atoms with E-state index in [2.05, 4.69) is 88.7 Å². The van der Waals surface area contributed by atoms with Crippen LogP contribution in [-0.2, 0) is 9.84 Å². The van der Waals surface area contributed by atoms with E-state index in [1.165, 1.54) is 22.9 Å². The molecule has 23 heavy (non-hydrogen) atoms. The van der Waals surface area contributed by atoms with Gasteiger partial charge in [-0.2, -0.15) is 0 Å². The Balaban J connectivity index is 2.33. The lowest BCUT2D eigenvalue weighted by Crippen LogP contribution is -2.51. The van der Waals surface area contributed by atoms with Crippen molar-refractivity contribution in [1.82, 2.24) is 0 Å². The Morgan fingerprint density at radius 2 is 1.39 bits per heavy atom. The first-order valence-corrected chi connectivity index (χ1v) is 12.0. The molecule has 0 bridgehead atoms. The van der Waals surface area contributed by atoms with Crippen molar-refractivity contribution in [1.29, 1.82) is 0 Å². The Labute approximate surface area is 152 Å². The predicted octanol–water partition coefficient (Wildman–Crippen LogP) is 7.06. The molecule has 1 atom stereocenters. The zero-order valence-electron chi connectivity index (χ0n) is 15.8. The average Bonchev–Trinajstić information content (AvgIpc) is 3.25. The molecule has 2 rings (SSSR count). The highest BCUT2D eigenvalue weighted by Gasteiger charge is 2.55. The number of hydrogen-bond acceptors (Lipinski definition) is 1. The van der Waals surface area contributed by atoms with E-state index in [-0.39, 0.29) is 5.41 Å². The van der Waals surface area contributed by atoms with Crippen LogP contribution in [0.1, 0.15) is 66.9 Å². The van der Waals surface area contributed by atoms with Crippen LogP contribution in [0.5, 0.6) is 0 Å². The maximum absolute atomic E-state index is 7.08. The lowest BCUT2D eigenvalue weighted by atomic mass is 9.91. The van der Waals surface area contributed by atoms with Crippen molar-refractivity contribution in [2.24, 2.45) is 0 Å². The molecule has 1 aromatic carbocycles. The summed E-state index contributed by atoms with van der Waals surface area (Å²) < 4.78 is 8.31. The van der Waals surface area contributed by atoms with E-state index in [0.29, 0.717) is 22.7 Å². The van der Waals surface area contributed by atoms with Gasteiger partial charge in [-0.05, 0) is 48.0 Å². The van der Waals surface area contributed by atoms with E-state index in [0.717, 1.165) is 0 Å². The summed E-state index contributed by atoms with van der Waals surface area (Å²) >= 11 is 3.76. The Morgan fingerprint density at radius 1 is 0.913 bits per heavy atom. The van der Waals surface area contributed by atoms with Gasteiger partial charge in [-0.25, -0.2) is 0 Å². The summed E-state index contributed by atoms with van der Waals surface area (Å²) in [6.07, 6.45) is 2.78. The van der Waals surface area contributed by atoms with Crippen molar-refractivity contribution in [3.05, 3.63) is 34.3 Å². The second-order valence-electron chi connectivity index (χ2n) is 8.21. The third-order valence-electron chi connectivity index (χ3n) is 6.07. The molecule has 130 valence electrons. The minimum absolute atomic E-state index is 0.219. The van der Waals surface area contributed by atoms with Gasteiger partial charge >= 0.3 is 0 Å². The van der Waals surface area contributed by atoms with Crippen LogP contribution >= 0.6 is 15.9 Å². The molecule has 1 aliphatic carbocycles. The first kappa shape index (κ1) is 19.2. The van der Waals surface area contributed by atoms with Crippen molar-refractivity contribution >= 4 is 24.2 Å². The molecule has 1 unspecified atom stereocenters. The summed E-state index contributed by atoms with van der Waals surface area (Å²) in [6, 6.07) is 8.70. The Bertz CT molecular complexity index is 512. The molecule has 1 aliphatic rings. The van der Waals surface area contributed by atoms with Gasteiger partial charge in [-0.15, -0.1) is 0 Å². The van der Waals surface area contributed by atoms with Crippen LogP contribution < -0.4 is 0 Å². The molecule has 0 spiro atoms. The van der Waals surface area contributed by atoms with Crippen LogP contribution in [0.4, 0.5) is 0 Å². The molecular formula is C20H33BrOSi. The SMILES string of the molecule is CC(O[Si](C(C)C)(C(C)C)C(C)C)C1(c2ccccc2Br)CC1. The van der Waals surface area contributed by atoms with Gasteiger partial charge in [0.25, 0.3) is 0 Å². The van der Waals surface area contributed by atoms with Gasteiger partial charge in [-0.1, -0.05) is 75.7 Å². The second kappa shape index (κ2) is 7.01. The second-order valence-corrected chi connectivity index (χ2v) is 14.5. The molecule has 0 amide bonds. The molecule has 1 nitrogen and oxygen atoms in total. The molecule has 0 saturated heterocycles. The predicted molar refractivity (Wildman–Crippen MR) is 107 cm³/mol. The lowest BCUT2D eigenvalue weighted by molar-refractivity contribution is 0.151. The van der Waals surface area contributed by atoms with Crippen LogP contribution in [0, 0.1) is 0 Å². The highest BCUT2D eigenvalue weighted by molar-refractivity contribution is 9.10. The number of benzene rings is 1. The molecule has 0 heterocycles. The van der Waals surface area contributed by atoms with Crippen molar-refractivity contribution in [3.63, 3.8) is 0 Å². The first-order valence-electron chi connectivity index (χ1n) is 9.11. The van der Waals surface area contributed by atoms with Gasteiger partial charge in [0, 0.05) is 9.89 Å².